The van der Waals surface area contributed by atoms with Crippen molar-refractivity contribution in [2.45, 2.75) is 39.4 Å². The normalized spacial score (nSPS) is 10.9. The maximum atomic E-state index is 12.6. The summed E-state index contributed by atoms with van der Waals surface area (Å²) in [7, 11) is 0. The van der Waals surface area contributed by atoms with E-state index in [4.69, 9.17) is 10.5 Å². The van der Waals surface area contributed by atoms with E-state index in [2.05, 4.69) is 15.5 Å². The van der Waals surface area contributed by atoms with Crippen LogP contribution in [-0.4, -0.2) is 44.9 Å². The van der Waals surface area contributed by atoms with Crippen LogP contribution in [-0.2, 0) is 16.1 Å². The first-order chi connectivity index (χ1) is 15.3. The molecule has 2 amide bonds. The Morgan fingerprint density at radius 3 is 2.59 bits per heavy atom. The van der Waals surface area contributed by atoms with Crippen molar-refractivity contribution in [3.8, 4) is 11.4 Å². The second-order valence-electron chi connectivity index (χ2n) is 6.68. The Labute approximate surface area is 197 Å². The number of aromatic nitrogens is 3. The van der Waals surface area contributed by atoms with E-state index in [9.17, 15) is 14.4 Å². The Kier molecular flexibility index (Phi) is 7.69. The number of nitrogens with one attached hydrogen (secondary N) is 1. The third-order valence-electron chi connectivity index (χ3n) is 4.46. The zero-order valence-electron chi connectivity index (χ0n) is 18.1. The first kappa shape index (κ1) is 24.0. The number of ether oxygens (including phenoxy) is 1. The molecule has 0 aromatic carbocycles. The number of aryl methyl sites for hydroxylation is 1. The van der Waals surface area contributed by atoms with Gasteiger partial charge in [-0.15, -0.1) is 32.9 Å². The van der Waals surface area contributed by atoms with Crippen LogP contribution in [0.3, 0.4) is 0 Å². The molecular formula is C20H23N5O4S3. The Morgan fingerprint density at radius 1 is 1.25 bits per heavy atom. The summed E-state index contributed by atoms with van der Waals surface area (Å²) >= 11 is 3.84. The first-order valence-electron chi connectivity index (χ1n) is 9.78. The summed E-state index contributed by atoms with van der Waals surface area (Å²) in [5.74, 6) is -0.828. The number of thioether (sulfide) groups is 1. The molecule has 0 fully saturated rings. The lowest BCUT2D eigenvalue weighted by Gasteiger charge is -2.08. The van der Waals surface area contributed by atoms with Gasteiger partial charge in [-0.1, -0.05) is 11.8 Å². The molecule has 0 aliphatic rings. The molecule has 0 spiro atoms. The average Bonchev–Trinajstić information content (AvgIpc) is 3.43. The molecule has 0 bridgehead atoms. The van der Waals surface area contributed by atoms with E-state index >= 15 is 0 Å². The van der Waals surface area contributed by atoms with Gasteiger partial charge in [0.05, 0.1) is 22.8 Å². The standard InChI is InChI=1S/C20H23N5O4S3/c1-5-25-17(12-7-10(3)30-8-12)23-24-20(25)31-9-13(26)22-18-14(19(28)29-6-2)11(4)15(32-18)16(21)27/h7-8H,5-6,9H2,1-4H3,(H2,21,27)(H,22,26). The van der Waals surface area contributed by atoms with Gasteiger partial charge in [-0.2, -0.15) is 0 Å². The minimum absolute atomic E-state index is 0.0475. The third kappa shape index (κ3) is 5.03. The van der Waals surface area contributed by atoms with Gasteiger partial charge >= 0.3 is 5.97 Å². The number of carbonyl (C=O) groups excluding carboxylic acids is 3. The molecule has 0 aliphatic heterocycles. The third-order valence-corrected chi connectivity index (χ3v) is 7.51. The fourth-order valence-electron chi connectivity index (χ4n) is 3.03. The molecular weight excluding hydrogens is 470 g/mol. The number of hydrogen-bond donors (Lipinski definition) is 2. The van der Waals surface area contributed by atoms with E-state index in [0.29, 0.717) is 17.3 Å². The van der Waals surface area contributed by atoms with Crippen LogP contribution >= 0.6 is 34.4 Å². The van der Waals surface area contributed by atoms with Crippen LogP contribution in [0.5, 0.6) is 0 Å². The number of primary amides is 1. The van der Waals surface area contributed by atoms with Crippen LogP contribution < -0.4 is 11.1 Å². The zero-order valence-corrected chi connectivity index (χ0v) is 20.5. The van der Waals surface area contributed by atoms with Gasteiger partial charge < -0.3 is 20.4 Å². The van der Waals surface area contributed by atoms with E-state index < -0.39 is 11.9 Å². The van der Waals surface area contributed by atoms with Gasteiger partial charge in [0.15, 0.2) is 11.0 Å². The highest BCUT2D eigenvalue weighted by Gasteiger charge is 2.26. The van der Waals surface area contributed by atoms with Gasteiger partial charge in [0, 0.05) is 22.4 Å². The van der Waals surface area contributed by atoms with E-state index in [-0.39, 0.29) is 33.7 Å². The van der Waals surface area contributed by atoms with Crippen molar-refractivity contribution in [2.75, 3.05) is 17.7 Å². The Balaban J connectivity index is 1.76. The molecule has 3 aromatic heterocycles. The van der Waals surface area contributed by atoms with Crippen LogP contribution in [0.2, 0.25) is 0 Å². The zero-order chi connectivity index (χ0) is 23.4. The van der Waals surface area contributed by atoms with Crippen LogP contribution in [0.15, 0.2) is 16.6 Å². The summed E-state index contributed by atoms with van der Waals surface area (Å²) in [6, 6.07) is 2.05. The quantitative estimate of drug-likeness (QED) is 0.343. The Morgan fingerprint density at radius 2 is 2.00 bits per heavy atom. The van der Waals surface area contributed by atoms with Gasteiger partial charge in [0.1, 0.15) is 5.00 Å². The van der Waals surface area contributed by atoms with Crippen molar-refractivity contribution < 1.29 is 19.1 Å². The molecule has 0 saturated carbocycles. The maximum absolute atomic E-state index is 12.6. The number of rotatable bonds is 9. The van der Waals surface area contributed by atoms with Crippen molar-refractivity contribution in [3.63, 3.8) is 0 Å². The Bertz CT molecular complexity index is 1160. The van der Waals surface area contributed by atoms with Crippen LogP contribution in [0.25, 0.3) is 11.4 Å². The summed E-state index contributed by atoms with van der Waals surface area (Å²) in [4.78, 5) is 38.1. The lowest BCUT2D eigenvalue weighted by Crippen LogP contribution is -2.17. The number of nitrogens with zero attached hydrogens (tertiary/aromatic N) is 3. The lowest BCUT2D eigenvalue weighted by molar-refractivity contribution is -0.113. The smallest absolute Gasteiger partial charge is 0.341 e. The lowest BCUT2D eigenvalue weighted by atomic mass is 10.1. The molecule has 3 aromatic rings. The molecule has 12 heteroatoms. The SMILES string of the molecule is CCOC(=O)c1c(NC(=O)CSc2nnc(-c3csc(C)c3)n2CC)sc(C(N)=O)c1C. The second kappa shape index (κ2) is 10.3. The van der Waals surface area contributed by atoms with Crippen LogP contribution in [0, 0.1) is 13.8 Å². The van der Waals surface area contributed by atoms with Crippen molar-refractivity contribution >= 4 is 57.2 Å². The summed E-state index contributed by atoms with van der Waals surface area (Å²) in [6.07, 6.45) is 0. The van der Waals surface area contributed by atoms with Crippen molar-refractivity contribution in [1.29, 1.82) is 0 Å². The summed E-state index contributed by atoms with van der Waals surface area (Å²) in [5, 5.41) is 14.1. The molecule has 170 valence electrons. The summed E-state index contributed by atoms with van der Waals surface area (Å²) < 4.78 is 7.02. The molecule has 3 heterocycles. The first-order valence-corrected chi connectivity index (χ1v) is 12.5. The monoisotopic (exact) mass is 493 g/mol. The van der Waals surface area contributed by atoms with Crippen LogP contribution in [0.1, 0.15) is 44.3 Å². The number of hydrogen-bond acceptors (Lipinski definition) is 9. The molecule has 32 heavy (non-hydrogen) atoms. The van der Waals surface area contributed by atoms with Crippen molar-refractivity contribution in [2.24, 2.45) is 5.73 Å². The van der Waals surface area contributed by atoms with E-state index in [1.807, 2.05) is 29.9 Å². The van der Waals surface area contributed by atoms with Crippen LogP contribution in [0.4, 0.5) is 5.00 Å². The molecule has 0 aliphatic carbocycles. The number of carbonyl (C=O) groups is 3. The number of nitrogens with two attached hydrogens (primary N) is 1. The molecule has 0 atom stereocenters. The molecule has 0 radical (unpaired) electrons. The summed E-state index contributed by atoms with van der Waals surface area (Å²) in [5.41, 5.74) is 6.94. The van der Waals surface area contributed by atoms with Gasteiger partial charge in [0.25, 0.3) is 5.91 Å². The van der Waals surface area contributed by atoms with E-state index in [1.54, 1.807) is 25.2 Å². The largest absolute Gasteiger partial charge is 0.462 e. The second-order valence-corrected chi connectivity index (χ2v) is 9.76. The van der Waals surface area contributed by atoms with E-state index in [1.165, 1.54) is 16.6 Å². The van der Waals surface area contributed by atoms with Gasteiger partial charge in [-0.3, -0.25) is 9.59 Å². The number of anilines is 1. The van der Waals surface area contributed by atoms with Gasteiger partial charge in [-0.05, 0) is 39.3 Å². The van der Waals surface area contributed by atoms with Crippen molar-refractivity contribution in [1.82, 2.24) is 14.8 Å². The fourth-order valence-corrected chi connectivity index (χ4v) is 5.58. The number of esters is 1. The fraction of sp³-hybridized carbons (Fsp3) is 0.350. The topological polar surface area (TPSA) is 129 Å². The Hall–Kier alpha value is -2.70. The van der Waals surface area contributed by atoms with Crippen molar-refractivity contribution in [3.05, 3.63) is 32.3 Å². The van der Waals surface area contributed by atoms with Gasteiger partial charge in [-0.25, -0.2) is 4.79 Å². The average molecular weight is 494 g/mol. The highest BCUT2D eigenvalue weighted by Crippen LogP contribution is 2.34. The minimum atomic E-state index is -0.667. The predicted molar refractivity (Wildman–Crippen MR) is 127 cm³/mol. The number of thiophene rings is 2. The number of amides is 2. The highest BCUT2D eigenvalue weighted by atomic mass is 32.2. The molecule has 3 N–H and O–H groups in total. The highest BCUT2D eigenvalue weighted by molar-refractivity contribution is 7.99. The van der Waals surface area contributed by atoms with Gasteiger partial charge in [0.2, 0.25) is 5.91 Å². The van der Waals surface area contributed by atoms with E-state index in [0.717, 1.165) is 22.7 Å². The predicted octanol–water partition coefficient (Wildman–Crippen LogP) is 3.71. The minimum Gasteiger partial charge on any atom is -0.462 e. The summed E-state index contributed by atoms with van der Waals surface area (Å²) in [6.45, 7) is 8.12. The maximum Gasteiger partial charge on any atom is 0.341 e. The molecule has 9 nitrogen and oxygen atoms in total. The molecule has 0 saturated heterocycles. The molecule has 3 rings (SSSR count). The molecule has 0 unspecified atom stereocenters.